The Morgan fingerprint density at radius 2 is 1.74 bits per heavy atom. The van der Waals surface area contributed by atoms with E-state index in [1.807, 2.05) is 25.1 Å². The van der Waals surface area contributed by atoms with E-state index in [1.54, 1.807) is 36.4 Å². The largest absolute Gasteiger partial charge is 0.378 e. The molecule has 7 heteroatoms. The predicted molar refractivity (Wildman–Crippen MR) is 94.9 cm³/mol. The number of halogens is 2. The molecule has 120 valence electrons. The van der Waals surface area contributed by atoms with Crippen LogP contribution in [-0.4, -0.2) is 25.9 Å². The Morgan fingerprint density at radius 1 is 1.04 bits per heavy atom. The minimum Gasteiger partial charge on any atom is -0.378 e. The van der Waals surface area contributed by atoms with Gasteiger partial charge in [0.15, 0.2) is 0 Å². The van der Waals surface area contributed by atoms with Crippen LogP contribution in [0.1, 0.15) is 20.7 Å². The van der Waals surface area contributed by atoms with Crippen LogP contribution >= 0.6 is 27.5 Å². The number of hydrogen-bond donors (Lipinski definition) is 2. The quantitative estimate of drug-likeness (QED) is 0.783. The molecule has 0 saturated carbocycles. The van der Waals surface area contributed by atoms with Gasteiger partial charge >= 0.3 is 0 Å². The van der Waals surface area contributed by atoms with E-state index in [-0.39, 0.29) is 5.56 Å². The van der Waals surface area contributed by atoms with E-state index in [4.69, 9.17) is 11.6 Å². The molecular formula is C16H15BrClN3O2. The van der Waals surface area contributed by atoms with Crippen molar-refractivity contribution in [2.24, 2.45) is 0 Å². The summed E-state index contributed by atoms with van der Waals surface area (Å²) in [6.07, 6.45) is 0. The molecule has 5 nitrogen and oxygen atoms in total. The van der Waals surface area contributed by atoms with Gasteiger partial charge in [0.05, 0.1) is 10.6 Å². The third kappa shape index (κ3) is 4.46. The first-order valence-corrected chi connectivity index (χ1v) is 7.88. The van der Waals surface area contributed by atoms with E-state index in [2.05, 4.69) is 26.8 Å². The molecule has 2 rings (SSSR count). The fraction of sp³-hybridized carbons (Fsp3) is 0.125. The zero-order valence-electron chi connectivity index (χ0n) is 12.6. The number of nitrogens with zero attached hydrogens (tertiary/aromatic N) is 1. The van der Waals surface area contributed by atoms with Crippen LogP contribution in [-0.2, 0) is 0 Å². The maximum atomic E-state index is 12.1. The molecule has 0 aromatic heterocycles. The van der Waals surface area contributed by atoms with Gasteiger partial charge in [0.1, 0.15) is 0 Å². The number of nitrogens with one attached hydrogen (secondary N) is 2. The molecule has 2 aromatic rings. The van der Waals surface area contributed by atoms with Crippen molar-refractivity contribution in [3.63, 3.8) is 0 Å². The Bertz CT molecular complexity index is 750. The number of rotatable bonds is 3. The molecule has 0 bridgehead atoms. The summed E-state index contributed by atoms with van der Waals surface area (Å²) in [4.78, 5) is 26.1. The molecule has 2 N–H and O–H groups in total. The third-order valence-corrected chi connectivity index (χ3v) is 3.91. The third-order valence-electron chi connectivity index (χ3n) is 3.09. The lowest BCUT2D eigenvalue weighted by Gasteiger charge is -2.14. The molecule has 0 spiro atoms. The van der Waals surface area contributed by atoms with Gasteiger partial charge in [0.25, 0.3) is 11.8 Å². The number of benzene rings is 2. The molecule has 0 heterocycles. The Hall–Kier alpha value is -2.05. The van der Waals surface area contributed by atoms with Crippen molar-refractivity contribution in [2.45, 2.75) is 0 Å². The second kappa shape index (κ2) is 7.48. The Balaban J connectivity index is 2.05. The van der Waals surface area contributed by atoms with Gasteiger partial charge in [-0.2, -0.15) is 0 Å². The van der Waals surface area contributed by atoms with Crippen LogP contribution in [0.3, 0.4) is 0 Å². The van der Waals surface area contributed by atoms with Gasteiger partial charge < -0.3 is 4.90 Å². The van der Waals surface area contributed by atoms with Crippen molar-refractivity contribution in [2.75, 3.05) is 19.0 Å². The molecular weight excluding hydrogens is 382 g/mol. The minimum absolute atomic E-state index is 0.267. The maximum absolute atomic E-state index is 12.1. The lowest BCUT2D eigenvalue weighted by Crippen LogP contribution is -2.41. The summed E-state index contributed by atoms with van der Waals surface area (Å²) in [5.41, 5.74) is 6.33. The van der Waals surface area contributed by atoms with Crippen LogP contribution in [0.4, 0.5) is 5.69 Å². The summed E-state index contributed by atoms with van der Waals surface area (Å²) in [6, 6.07) is 12.0. The van der Waals surface area contributed by atoms with E-state index in [1.165, 1.54) is 0 Å². The van der Waals surface area contributed by atoms with Gasteiger partial charge in [-0.3, -0.25) is 20.4 Å². The minimum atomic E-state index is -0.492. The SMILES string of the molecule is CN(C)c1cccc(C(=O)NNC(=O)c2cc(Br)ccc2Cl)c1. The van der Waals surface area contributed by atoms with Crippen molar-refractivity contribution >= 4 is 45.0 Å². The van der Waals surface area contributed by atoms with Gasteiger partial charge in [-0.25, -0.2) is 0 Å². The van der Waals surface area contributed by atoms with Crippen molar-refractivity contribution in [1.29, 1.82) is 0 Å². The van der Waals surface area contributed by atoms with Crippen LogP contribution in [0.2, 0.25) is 5.02 Å². The topological polar surface area (TPSA) is 61.4 Å². The van der Waals surface area contributed by atoms with Crippen molar-refractivity contribution in [3.8, 4) is 0 Å². The van der Waals surface area contributed by atoms with Crippen molar-refractivity contribution in [3.05, 3.63) is 63.1 Å². The Morgan fingerprint density at radius 3 is 2.43 bits per heavy atom. The van der Waals surface area contributed by atoms with Gasteiger partial charge in [0.2, 0.25) is 0 Å². The zero-order chi connectivity index (χ0) is 17.0. The molecule has 0 atom stereocenters. The standard InChI is InChI=1S/C16H15BrClN3O2/c1-21(2)12-5-3-4-10(8-12)15(22)19-20-16(23)13-9-11(17)6-7-14(13)18/h3-9H,1-2H3,(H,19,22)(H,20,23). The maximum Gasteiger partial charge on any atom is 0.271 e. The van der Waals surface area contributed by atoms with Crippen LogP contribution in [0.5, 0.6) is 0 Å². The molecule has 0 unspecified atom stereocenters. The van der Waals surface area contributed by atoms with E-state index in [9.17, 15) is 9.59 Å². The summed E-state index contributed by atoms with van der Waals surface area (Å²) >= 11 is 9.25. The molecule has 0 radical (unpaired) electrons. The summed E-state index contributed by atoms with van der Waals surface area (Å²) in [5.74, 6) is -0.901. The highest BCUT2D eigenvalue weighted by molar-refractivity contribution is 9.10. The first-order chi connectivity index (χ1) is 10.9. The second-order valence-electron chi connectivity index (χ2n) is 4.98. The second-order valence-corrected chi connectivity index (χ2v) is 6.30. The van der Waals surface area contributed by atoms with Crippen LogP contribution < -0.4 is 15.8 Å². The predicted octanol–water partition coefficient (Wildman–Crippen LogP) is 3.24. The molecule has 0 aliphatic heterocycles. The number of hydrogen-bond acceptors (Lipinski definition) is 3. The average Bonchev–Trinajstić information content (AvgIpc) is 2.54. The monoisotopic (exact) mass is 395 g/mol. The Kier molecular flexibility index (Phi) is 5.63. The van der Waals surface area contributed by atoms with E-state index >= 15 is 0 Å². The van der Waals surface area contributed by atoms with Crippen LogP contribution in [0.25, 0.3) is 0 Å². The van der Waals surface area contributed by atoms with E-state index in [0.717, 1.165) is 10.2 Å². The zero-order valence-corrected chi connectivity index (χ0v) is 14.9. The summed E-state index contributed by atoms with van der Waals surface area (Å²) < 4.78 is 0.720. The average molecular weight is 397 g/mol. The lowest BCUT2D eigenvalue weighted by atomic mass is 10.2. The number of hydrazine groups is 1. The summed E-state index contributed by atoms with van der Waals surface area (Å²) in [6.45, 7) is 0. The molecule has 0 aliphatic carbocycles. The molecule has 2 aromatic carbocycles. The van der Waals surface area contributed by atoms with E-state index < -0.39 is 11.8 Å². The number of carbonyl (C=O) groups is 2. The highest BCUT2D eigenvalue weighted by Gasteiger charge is 2.13. The van der Waals surface area contributed by atoms with E-state index in [0.29, 0.717) is 10.6 Å². The van der Waals surface area contributed by atoms with Crippen molar-refractivity contribution < 1.29 is 9.59 Å². The first-order valence-electron chi connectivity index (χ1n) is 6.71. The molecule has 0 aliphatic rings. The summed E-state index contributed by atoms with van der Waals surface area (Å²) in [5, 5.41) is 0.301. The van der Waals surface area contributed by atoms with Gasteiger partial charge in [-0.15, -0.1) is 0 Å². The Labute approximate surface area is 147 Å². The highest BCUT2D eigenvalue weighted by atomic mass is 79.9. The normalized spacial score (nSPS) is 10.1. The van der Waals surface area contributed by atoms with Crippen molar-refractivity contribution in [1.82, 2.24) is 10.9 Å². The van der Waals surface area contributed by atoms with Crippen LogP contribution in [0, 0.1) is 0 Å². The smallest absolute Gasteiger partial charge is 0.271 e. The molecule has 2 amide bonds. The number of anilines is 1. The highest BCUT2D eigenvalue weighted by Crippen LogP contribution is 2.20. The number of amides is 2. The molecule has 0 fully saturated rings. The summed E-state index contributed by atoms with van der Waals surface area (Å²) in [7, 11) is 3.77. The lowest BCUT2D eigenvalue weighted by molar-refractivity contribution is 0.0846. The van der Waals surface area contributed by atoms with Gasteiger partial charge in [-0.1, -0.05) is 33.6 Å². The fourth-order valence-corrected chi connectivity index (χ4v) is 2.41. The van der Waals surface area contributed by atoms with Gasteiger partial charge in [0, 0.05) is 29.8 Å². The van der Waals surface area contributed by atoms with Crippen LogP contribution in [0.15, 0.2) is 46.9 Å². The first kappa shape index (κ1) is 17.3. The van der Waals surface area contributed by atoms with Gasteiger partial charge in [-0.05, 0) is 36.4 Å². The molecule has 23 heavy (non-hydrogen) atoms. The fourth-order valence-electron chi connectivity index (χ4n) is 1.85. The molecule has 0 saturated heterocycles. The number of carbonyl (C=O) groups excluding carboxylic acids is 2.